The molecule has 2 aromatic rings. The van der Waals surface area contributed by atoms with Crippen molar-refractivity contribution in [2.24, 2.45) is 5.73 Å². The number of benzene rings is 1. The molecule has 6 nitrogen and oxygen atoms in total. The van der Waals surface area contributed by atoms with Gasteiger partial charge < -0.3 is 15.2 Å². The first-order valence-corrected chi connectivity index (χ1v) is 8.03. The van der Waals surface area contributed by atoms with Gasteiger partial charge in [-0.1, -0.05) is 32.9 Å². The highest BCUT2D eigenvalue weighted by Gasteiger charge is 2.38. The second-order valence-corrected chi connectivity index (χ2v) is 7.11. The van der Waals surface area contributed by atoms with Crippen molar-refractivity contribution < 1.29 is 22.6 Å². The van der Waals surface area contributed by atoms with E-state index in [0.717, 1.165) is 5.69 Å². The van der Waals surface area contributed by atoms with Crippen LogP contribution in [-0.2, 0) is 5.41 Å². The summed E-state index contributed by atoms with van der Waals surface area (Å²) in [7, 11) is 0. The van der Waals surface area contributed by atoms with Gasteiger partial charge in [0.15, 0.2) is 0 Å². The van der Waals surface area contributed by atoms with Crippen LogP contribution in [0.1, 0.15) is 43.5 Å². The molecule has 1 aromatic carbocycles. The number of aromatic nitrogens is 2. The van der Waals surface area contributed by atoms with Gasteiger partial charge in [-0.2, -0.15) is 5.26 Å². The lowest BCUT2D eigenvalue weighted by molar-refractivity contribution is -0.274. The number of hydrogen-bond donors (Lipinski definition) is 2. The first kappa shape index (κ1) is 18.6. The summed E-state index contributed by atoms with van der Waals surface area (Å²) in [5.41, 5.74) is 7.65. The Morgan fingerprint density at radius 1 is 1.22 bits per heavy atom. The normalized spacial score (nSPS) is 17.1. The van der Waals surface area contributed by atoms with Gasteiger partial charge in [-0.25, -0.2) is 0 Å². The fraction of sp³-hybridized carbons (Fsp3) is 0.333. The van der Waals surface area contributed by atoms with Gasteiger partial charge in [0.25, 0.3) is 0 Å². The van der Waals surface area contributed by atoms with Gasteiger partial charge in [0.2, 0.25) is 11.8 Å². The van der Waals surface area contributed by atoms with Gasteiger partial charge in [0, 0.05) is 11.1 Å². The van der Waals surface area contributed by atoms with Crippen LogP contribution >= 0.6 is 0 Å². The quantitative estimate of drug-likeness (QED) is 0.828. The number of halogens is 3. The number of nitriles is 1. The molecule has 0 saturated heterocycles. The average Bonchev–Trinajstić information content (AvgIpc) is 2.96. The van der Waals surface area contributed by atoms with E-state index in [2.05, 4.69) is 14.9 Å². The summed E-state index contributed by atoms with van der Waals surface area (Å²) in [5, 5.41) is 16.6. The molecule has 0 fully saturated rings. The minimum Gasteiger partial charge on any atom is -0.420 e. The first-order chi connectivity index (χ1) is 12.5. The zero-order valence-corrected chi connectivity index (χ0v) is 14.8. The Bertz CT molecular complexity index is 931. The Morgan fingerprint density at radius 2 is 1.85 bits per heavy atom. The lowest BCUT2D eigenvalue weighted by Gasteiger charge is -2.27. The SMILES string of the molecule is CC(C)(C)c1[nH]nc2c1[C@H](c1ccc(OC(F)(F)F)cc1)C(C#N)=C(N)O2. The molecular weight excluding hydrogens is 361 g/mol. The van der Waals surface area contributed by atoms with Crippen LogP contribution in [0, 0.1) is 11.3 Å². The second-order valence-electron chi connectivity index (χ2n) is 7.11. The largest absolute Gasteiger partial charge is 0.573 e. The van der Waals surface area contributed by atoms with Gasteiger partial charge in [-0.3, -0.25) is 5.10 Å². The summed E-state index contributed by atoms with van der Waals surface area (Å²) in [6.45, 7) is 5.89. The number of aromatic amines is 1. The van der Waals surface area contributed by atoms with Gasteiger partial charge in [-0.05, 0) is 17.7 Å². The monoisotopic (exact) mass is 378 g/mol. The van der Waals surface area contributed by atoms with Crippen LogP contribution in [0.2, 0.25) is 0 Å². The molecule has 1 aliphatic heterocycles. The number of nitrogens with two attached hydrogens (primary N) is 1. The molecule has 3 rings (SSSR count). The fourth-order valence-corrected chi connectivity index (χ4v) is 3.01. The summed E-state index contributed by atoms with van der Waals surface area (Å²) in [6.07, 6.45) is -4.78. The third-order valence-corrected chi connectivity index (χ3v) is 4.14. The summed E-state index contributed by atoms with van der Waals surface area (Å²) < 4.78 is 46.5. The van der Waals surface area contributed by atoms with E-state index >= 15 is 0 Å². The molecule has 1 aliphatic rings. The maximum atomic E-state index is 12.4. The first-order valence-electron chi connectivity index (χ1n) is 8.03. The molecule has 0 saturated carbocycles. The predicted molar refractivity (Wildman–Crippen MR) is 89.7 cm³/mol. The summed E-state index contributed by atoms with van der Waals surface area (Å²) in [6, 6.07) is 7.36. The highest BCUT2D eigenvalue weighted by Crippen LogP contribution is 2.45. The van der Waals surface area contributed by atoms with Crippen molar-refractivity contribution in [3.63, 3.8) is 0 Å². The van der Waals surface area contributed by atoms with E-state index in [-0.39, 0.29) is 28.5 Å². The van der Waals surface area contributed by atoms with E-state index in [1.165, 1.54) is 24.3 Å². The molecular formula is C18H17F3N4O2. The number of ether oxygens (including phenoxy) is 2. The topological polar surface area (TPSA) is 97.0 Å². The van der Waals surface area contributed by atoms with Crippen molar-refractivity contribution in [2.75, 3.05) is 0 Å². The molecule has 0 bridgehead atoms. The number of nitrogens with zero attached hydrogens (tertiary/aromatic N) is 2. The molecule has 0 amide bonds. The zero-order chi connectivity index (χ0) is 20.0. The van der Waals surface area contributed by atoms with Crippen LogP contribution in [0.3, 0.4) is 0 Å². The number of hydrogen-bond acceptors (Lipinski definition) is 5. The molecule has 0 aliphatic carbocycles. The standard InChI is InChI=1S/C18H17F3N4O2/c1-17(2,3)14-13-12(11(8-22)15(23)26-16(13)25-24-14)9-4-6-10(7-5-9)27-18(19,20)21/h4-7,12H,23H2,1-3H3,(H,24,25)/t12-/m1/s1. The number of fused-ring (bicyclic) bond motifs is 1. The van der Waals surface area contributed by atoms with Crippen molar-refractivity contribution in [2.45, 2.75) is 38.5 Å². The number of rotatable bonds is 2. The molecule has 0 spiro atoms. The fourth-order valence-electron chi connectivity index (χ4n) is 3.01. The molecule has 142 valence electrons. The Hall–Kier alpha value is -3.15. The maximum Gasteiger partial charge on any atom is 0.573 e. The number of alkyl halides is 3. The van der Waals surface area contributed by atoms with Crippen molar-refractivity contribution in [3.05, 3.63) is 52.5 Å². The predicted octanol–water partition coefficient (Wildman–Crippen LogP) is 3.82. The molecule has 1 atom stereocenters. The van der Waals surface area contributed by atoms with Crippen LogP contribution in [0.15, 0.2) is 35.7 Å². The van der Waals surface area contributed by atoms with Gasteiger partial charge in [0.05, 0.1) is 11.5 Å². The van der Waals surface area contributed by atoms with E-state index in [4.69, 9.17) is 10.5 Å². The maximum absolute atomic E-state index is 12.4. The zero-order valence-electron chi connectivity index (χ0n) is 14.8. The van der Waals surface area contributed by atoms with Crippen LogP contribution in [0.25, 0.3) is 0 Å². The summed E-state index contributed by atoms with van der Waals surface area (Å²) in [4.78, 5) is 0. The third kappa shape index (κ3) is 3.56. The van der Waals surface area contributed by atoms with Crippen LogP contribution in [-0.4, -0.2) is 16.6 Å². The molecule has 0 unspecified atom stereocenters. The lowest BCUT2D eigenvalue weighted by atomic mass is 9.79. The number of allylic oxidation sites excluding steroid dienone is 1. The third-order valence-electron chi connectivity index (χ3n) is 4.14. The Balaban J connectivity index is 2.11. The van der Waals surface area contributed by atoms with Gasteiger partial charge in [-0.15, -0.1) is 18.3 Å². The second kappa shape index (κ2) is 6.23. The molecule has 0 radical (unpaired) electrons. The molecule has 3 N–H and O–H groups in total. The van der Waals surface area contributed by atoms with Gasteiger partial charge in [0.1, 0.15) is 17.4 Å². The number of nitrogens with one attached hydrogen (secondary N) is 1. The van der Waals surface area contributed by atoms with Gasteiger partial charge >= 0.3 is 6.36 Å². The molecule has 2 heterocycles. The Morgan fingerprint density at radius 3 is 2.37 bits per heavy atom. The van der Waals surface area contributed by atoms with E-state index in [0.29, 0.717) is 11.1 Å². The lowest BCUT2D eigenvalue weighted by Crippen LogP contribution is -2.24. The summed E-state index contributed by atoms with van der Waals surface area (Å²) in [5.74, 6) is -0.807. The van der Waals surface area contributed by atoms with Crippen molar-refractivity contribution in [1.82, 2.24) is 10.2 Å². The van der Waals surface area contributed by atoms with Crippen LogP contribution < -0.4 is 15.2 Å². The Kier molecular flexibility index (Phi) is 4.30. The van der Waals surface area contributed by atoms with Crippen LogP contribution in [0.4, 0.5) is 13.2 Å². The van der Waals surface area contributed by atoms with E-state index in [1.807, 2.05) is 26.8 Å². The smallest absolute Gasteiger partial charge is 0.420 e. The van der Waals surface area contributed by atoms with Crippen molar-refractivity contribution in [1.29, 1.82) is 5.26 Å². The molecule has 9 heteroatoms. The highest BCUT2D eigenvalue weighted by atomic mass is 19.4. The van der Waals surface area contributed by atoms with Crippen molar-refractivity contribution in [3.8, 4) is 17.7 Å². The Labute approximate surface area is 153 Å². The van der Waals surface area contributed by atoms with Crippen molar-refractivity contribution >= 4 is 0 Å². The minimum atomic E-state index is -4.78. The average molecular weight is 378 g/mol. The highest BCUT2D eigenvalue weighted by molar-refractivity contribution is 5.56. The molecule has 1 aromatic heterocycles. The van der Waals surface area contributed by atoms with E-state index in [1.54, 1.807) is 0 Å². The molecule has 27 heavy (non-hydrogen) atoms. The van der Waals surface area contributed by atoms with Crippen LogP contribution in [0.5, 0.6) is 11.6 Å². The van der Waals surface area contributed by atoms with E-state index in [9.17, 15) is 18.4 Å². The number of H-pyrrole nitrogens is 1. The minimum absolute atomic E-state index is 0.0856. The van der Waals surface area contributed by atoms with E-state index < -0.39 is 12.3 Å². The summed E-state index contributed by atoms with van der Waals surface area (Å²) >= 11 is 0.